The minimum Gasteiger partial charge on any atom is -0.493 e. The van der Waals surface area contributed by atoms with Gasteiger partial charge < -0.3 is 19.4 Å². The molecule has 706 valence electrons. The van der Waals surface area contributed by atoms with Gasteiger partial charge in [0.1, 0.15) is 5.57 Å². The standard InChI is InChI=1S/C110H196N2.2C4H9.Ni/c1-8-15-22-25-28-31-34-37-40-43-45-47-49-51-53-55-57-59-61-64-67-70-73-76-79-86-93-107-100(88-81-18-11-4)95-105(96-101(107)89-82-19-12-5)109-99-104(92-85-78-75-72-69-66-63-42-39-36-33-30-27-24-17-10-3)110(112(109)111)106-97-102(90-83-20-13-6)108(103(98-106)91-84-21-14-7)94-87-80-77-74-71-68-65-62-60-58-56-54-52-50-48-46-44-41-38-35-32-29-26-23-16-9-2;2*1-3-4-2;/h95-99H,8-84,86-91,93-94H2,1-7H3;2*1,3-4H2,2H3;/q;2*-1;+2. The van der Waals surface area contributed by atoms with Crippen LogP contribution in [0.2, 0.25) is 0 Å². The van der Waals surface area contributed by atoms with Crippen LogP contribution < -0.4 is 0 Å². The molecule has 1 aliphatic heterocycles. The Balaban J connectivity index is 0.0000153. The first-order chi connectivity index (χ1) is 59.3. The van der Waals surface area contributed by atoms with E-state index in [1.807, 2.05) is 0 Å². The van der Waals surface area contributed by atoms with E-state index < -0.39 is 0 Å². The number of benzene rings is 2. The van der Waals surface area contributed by atoms with E-state index in [0.717, 1.165) is 68.3 Å². The van der Waals surface area contributed by atoms with Crippen molar-refractivity contribution in [3.63, 3.8) is 0 Å². The molecule has 1 heterocycles. The van der Waals surface area contributed by atoms with Crippen molar-refractivity contribution < 1.29 is 21.2 Å². The van der Waals surface area contributed by atoms with Crippen LogP contribution in [0, 0.1) is 25.7 Å². The van der Waals surface area contributed by atoms with Gasteiger partial charge in [0.2, 0.25) is 11.4 Å². The third-order valence-corrected chi connectivity index (χ3v) is 26.8. The van der Waals surface area contributed by atoms with E-state index in [1.54, 1.807) is 38.1 Å². The van der Waals surface area contributed by atoms with Crippen LogP contribution in [0.4, 0.5) is 0 Å². The van der Waals surface area contributed by atoms with Gasteiger partial charge in [-0.15, -0.1) is 0 Å². The van der Waals surface area contributed by atoms with Gasteiger partial charge in [0.15, 0.2) is 0 Å². The molecule has 0 saturated heterocycles. The topological polar surface area (TPSA) is 25.3 Å². The van der Waals surface area contributed by atoms with E-state index in [2.05, 4.69) is 118 Å². The van der Waals surface area contributed by atoms with Gasteiger partial charge in [-0.25, -0.2) is 4.70 Å². The molecule has 2 aromatic rings. The third-order valence-electron chi connectivity index (χ3n) is 26.8. The molecule has 0 unspecified atom stereocenters. The van der Waals surface area contributed by atoms with Crippen molar-refractivity contribution in [2.24, 2.45) is 0 Å². The molecule has 2 nitrogen and oxygen atoms in total. The average molecular weight is 1720 g/mol. The fourth-order valence-corrected chi connectivity index (χ4v) is 18.6. The monoisotopic (exact) mass is 1720 g/mol. The van der Waals surface area contributed by atoms with Crippen molar-refractivity contribution in [3.8, 4) is 11.8 Å². The van der Waals surface area contributed by atoms with Crippen LogP contribution in [-0.2, 0) is 55.0 Å². The van der Waals surface area contributed by atoms with Gasteiger partial charge in [-0.05, 0) is 141 Å². The summed E-state index contributed by atoms with van der Waals surface area (Å²) in [6.45, 7) is 27.9. The molecule has 121 heavy (non-hydrogen) atoms. The minimum absolute atomic E-state index is 0. The molecule has 0 aromatic heterocycles. The molecule has 3 rings (SSSR count). The van der Waals surface area contributed by atoms with E-state index in [-0.39, 0.29) is 16.5 Å². The molecule has 0 saturated carbocycles. The zero-order valence-corrected chi connectivity index (χ0v) is 84.9. The van der Waals surface area contributed by atoms with Crippen LogP contribution in [0.25, 0.3) is 16.9 Å². The Hall–Kier alpha value is -2.43. The minimum atomic E-state index is 0. The molecule has 3 heteroatoms. The maximum Gasteiger partial charge on any atom is 2.00 e. The molecule has 0 amide bonds. The fourth-order valence-electron chi connectivity index (χ4n) is 18.6. The number of allylic oxidation sites excluding steroid dienone is 2. The second-order valence-corrected chi connectivity index (χ2v) is 38.5. The zero-order chi connectivity index (χ0) is 86.8. The maximum atomic E-state index is 13.2. The summed E-state index contributed by atoms with van der Waals surface area (Å²) < 4.78 is 1.64. The Labute approximate surface area is 772 Å². The van der Waals surface area contributed by atoms with E-state index in [9.17, 15) is 5.53 Å². The summed E-state index contributed by atoms with van der Waals surface area (Å²) in [5.74, 6) is 7.58. The molecule has 0 atom stereocenters. The second kappa shape index (κ2) is 95.2. The van der Waals surface area contributed by atoms with Crippen molar-refractivity contribution in [1.29, 1.82) is 0 Å². The van der Waals surface area contributed by atoms with Crippen molar-refractivity contribution >= 4 is 11.4 Å². The summed E-state index contributed by atoms with van der Waals surface area (Å²) in [7, 11) is 0. The summed E-state index contributed by atoms with van der Waals surface area (Å²) in [6.07, 6.45) is 124. The molecule has 1 aliphatic rings. The first kappa shape index (κ1) is 119. The Morgan fingerprint density at radius 1 is 0.231 bits per heavy atom. The van der Waals surface area contributed by atoms with E-state index in [1.165, 1.54) is 531 Å². The van der Waals surface area contributed by atoms with E-state index in [0.29, 0.717) is 0 Å². The Morgan fingerprint density at radius 3 is 0.612 bits per heavy atom. The number of nitrogens with zero attached hydrogens (tertiary/aromatic N) is 2. The largest absolute Gasteiger partial charge is 2.00 e. The van der Waals surface area contributed by atoms with Crippen LogP contribution in [0.5, 0.6) is 0 Å². The average Bonchev–Trinajstić information content (AvgIpc) is 1.63. The molecule has 0 radical (unpaired) electrons. The molecule has 0 N–H and O–H groups in total. The normalized spacial score (nSPS) is 12.0. The summed E-state index contributed by atoms with van der Waals surface area (Å²) >= 11 is 0. The summed E-state index contributed by atoms with van der Waals surface area (Å²) in [4.78, 5) is 0. The Morgan fingerprint density at radius 2 is 0.405 bits per heavy atom. The SMILES string of the molecule is CCCCCCCCCCCCCCCCC#CC1=C(c2cc(CCCCC)c(CCCCCCCCCCCCCCCCCCCCCCCCCCCC)c(CCCCC)c2)[N+](=[N-])C(c2cc(CCCCC)c(CCCCCCCCCCCCCCCCCCCCCCCCCCCC)c(CCCCC)c2)=C1.[CH2-]CCC.[CH2-]CCC.[Ni+2]. The van der Waals surface area contributed by atoms with Gasteiger partial charge in [0.05, 0.1) is 0 Å². The summed E-state index contributed by atoms with van der Waals surface area (Å²) in [5.41, 5.74) is 27.9. The first-order valence-corrected chi connectivity index (χ1v) is 55.6. The first-order valence-electron chi connectivity index (χ1n) is 55.6. The molecule has 0 fully saturated rings. The van der Waals surface area contributed by atoms with Crippen LogP contribution in [0.15, 0.2) is 35.9 Å². The van der Waals surface area contributed by atoms with Gasteiger partial charge in [-0.3, -0.25) is 0 Å². The number of unbranched alkanes of at least 4 members (excludes halogenated alkanes) is 74. The van der Waals surface area contributed by atoms with Crippen molar-refractivity contribution in [2.45, 2.75) is 634 Å². The van der Waals surface area contributed by atoms with Gasteiger partial charge >= 0.3 is 16.5 Å². The third kappa shape index (κ3) is 70.2. The van der Waals surface area contributed by atoms with Crippen LogP contribution >= 0.6 is 0 Å². The van der Waals surface area contributed by atoms with Crippen LogP contribution in [-0.4, -0.2) is 4.70 Å². The van der Waals surface area contributed by atoms with E-state index >= 15 is 0 Å². The molecule has 0 bridgehead atoms. The second-order valence-electron chi connectivity index (χ2n) is 38.5. The van der Waals surface area contributed by atoms with Gasteiger partial charge in [0, 0.05) is 23.6 Å². The smallest absolute Gasteiger partial charge is 0.493 e. The predicted octanol–water partition coefficient (Wildman–Crippen LogP) is 41.9. The zero-order valence-electron chi connectivity index (χ0n) is 83.9. The number of rotatable bonds is 88. The quantitative estimate of drug-likeness (QED) is 0.0207. The molecule has 2 aromatic carbocycles. The molecular formula is C118H214N2Ni. The van der Waals surface area contributed by atoms with Crippen LogP contribution in [0.3, 0.4) is 0 Å². The fraction of sp³-hybridized carbons (Fsp3) is 0.831. The maximum absolute atomic E-state index is 13.2. The Bertz CT molecular complexity index is 2550. The molecule has 0 spiro atoms. The van der Waals surface area contributed by atoms with Crippen molar-refractivity contribution in [3.05, 3.63) is 99.8 Å². The van der Waals surface area contributed by atoms with Crippen molar-refractivity contribution in [2.75, 3.05) is 0 Å². The van der Waals surface area contributed by atoms with E-state index in [4.69, 9.17) is 0 Å². The summed E-state index contributed by atoms with van der Waals surface area (Å²) in [5, 5.41) is 0. The summed E-state index contributed by atoms with van der Waals surface area (Å²) in [6, 6.07) is 10.2. The number of hydrogen-bond acceptors (Lipinski definition) is 0. The predicted molar refractivity (Wildman–Crippen MR) is 546 cm³/mol. The number of hydrogen-bond donors (Lipinski definition) is 0. The molecular weight excluding hydrogens is 1500 g/mol. The van der Waals surface area contributed by atoms with Gasteiger partial charge in [0.25, 0.3) is 0 Å². The molecule has 0 aliphatic carbocycles. The van der Waals surface area contributed by atoms with Crippen molar-refractivity contribution in [1.82, 2.24) is 0 Å². The van der Waals surface area contributed by atoms with Gasteiger partial charge in [-0.2, -0.15) is 12.8 Å². The Kier molecular flexibility index (Phi) is 93.3. The number of aryl methyl sites for hydroxylation is 4. The van der Waals surface area contributed by atoms with Gasteiger partial charge in [-0.1, -0.05) is 543 Å². The van der Waals surface area contributed by atoms with Crippen LogP contribution in [0.1, 0.15) is 640 Å².